The highest BCUT2D eigenvalue weighted by atomic mass is 19.1. The minimum absolute atomic E-state index is 0.0178. The summed E-state index contributed by atoms with van der Waals surface area (Å²) in [7, 11) is 3.28. The van der Waals surface area contributed by atoms with Gasteiger partial charge in [0.25, 0.3) is 0 Å². The number of aromatic nitrogens is 2. The van der Waals surface area contributed by atoms with Gasteiger partial charge in [0.2, 0.25) is 0 Å². The summed E-state index contributed by atoms with van der Waals surface area (Å²) >= 11 is 0. The van der Waals surface area contributed by atoms with Crippen molar-refractivity contribution in [2.24, 2.45) is 0 Å². The van der Waals surface area contributed by atoms with Crippen molar-refractivity contribution in [2.75, 3.05) is 51.0 Å². The van der Waals surface area contributed by atoms with Crippen molar-refractivity contribution in [2.45, 2.75) is 36.5 Å². The number of ether oxygens (including phenoxy) is 2. The van der Waals surface area contributed by atoms with Crippen LogP contribution in [-0.2, 0) is 0 Å². The first-order valence-electron chi connectivity index (χ1n) is 19.6. The van der Waals surface area contributed by atoms with Crippen LogP contribution in [0.2, 0.25) is 0 Å². The lowest BCUT2D eigenvalue weighted by atomic mass is 9.76. The zero-order valence-electron chi connectivity index (χ0n) is 32.5. The van der Waals surface area contributed by atoms with Gasteiger partial charge in [-0.05, 0) is 132 Å². The molecule has 2 fully saturated rings. The molecule has 0 spiro atoms. The van der Waals surface area contributed by atoms with Gasteiger partial charge in [0, 0.05) is 85.6 Å². The fourth-order valence-electron chi connectivity index (χ4n) is 8.59. The van der Waals surface area contributed by atoms with Gasteiger partial charge in [-0.2, -0.15) is 0 Å². The van der Waals surface area contributed by atoms with Crippen molar-refractivity contribution in [3.05, 3.63) is 168 Å². The summed E-state index contributed by atoms with van der Waals surface area (Å²) in [5, 5.41) is 7.15. The summed E-state index contributed by atoms with van der Waals surface area (Å²) in [5.74, 6) is 0.712. The van der Waals surface area contributed by atoms with Crippen LogP contribution in [0.1, 0.15) is 58.8 Å². The molecule has 0 aliphatic carbocycles. The van der Waals surface area contributed by atoms with E-state index in [2.05, 4.69) is 20.6 Å². The van der Waals surface area contributed by atoms with Crippen molar-refractivity contribution in [3.63, 3.8) is 0 Å². The Morgan fingerprint density at radius 3 is 1.34 bits per heavy atom. The van der Waals surface area contributed by atoms with Gasteiger partial charge >= 0.3 is 6.03 Å². The molecule has 4 aromatic carbocycles. The van der Waals surface area contributed by atoms with Gasteiger partial charge in [0.15, 0.2) is 0 Å². The molecule has 2 N–H and O–H groups in total. The largest absolute Gasteiger partial charge is 0.497 e. The minimum atomic E-state index is -0.286. The Labute approximate surface area is 337 Å². The molecule has 9 nitrogen and oxygen atoms in total. The molecular formula is C47H46F2N6O3. The Bertz CT molecular complexity index is 2150. The molecular weight excluding hydrogens is 735 g/mol. The number of benzene rings is 4. The van der Waals surface area contributed by atoms with Crippen LogP contribution in [0.3, 0.4) is 0 Å². The average molecular weight is 781 g/mol. The molecule has 2 saturated heterocycles. The molecule has 11 heteroatoms. The Morgan fingerprint density at radius 1 is 0.569 bits per heavy atom. The second-order valence-corrected chi connectivity index (χ2v) is 14.9. The van der Waals surface area contributed by atoms with Gasteiger partial charge in [-0.25, -0.2) is 13.6 Å². The number of anilines is 4. The molecule has 6 aromatic rings. The van der Waals surface area contributed by atoms with E-state index in [1.54, 1.807) is 26.6 Å². The number of nitrogens with one attached hydrogen (secondary N) is 2. The smallest absolute Gasteiger partial charge is 0.320 e. The molecule has 4 atom stereocenters. The van der Waals surface area contributed by atoms with Crippen molar-refractivity contribution < 1.29 is 23.0 Å². The fraction of sp³-hybridized carbons (Fsp3) is 0.255. The van der Waals surface area contributed by atoms with E-state index in [4.69, 9.17) is 9.47 Å². The summed E-state index contributed by atoms with van der Waals surface area (Å²) in [5.41, 5.74) is 7.55. The number of hydrogen-bond acceptors (Lipinski definition) is 7. The molecule has 4 heterocycles. The van der Waals surface area contributed by atoms with Gasteiger partial charge in [-0.1, -0.05) is 24.3 Å². The third kappa shape index (κ3) is 8.44. The first-order valence-corrected chi connectivity index (χ1v) is 19.6. The molecule has 2 aliphatic rings. The molecule has 2 aliphatic heterocycles. The number of piperidine rings is 2. The summed E-state index contributed by atoms with van der Waals surface area (Å²) in [6, 6.07) is 32.8. The Hall–Kier alpha value is -6.49. The average Bonchev–Trinajstić information content (AvgIpc) is 3.27. The third-order valence-corrected chi connectivity index (χ3v) is 11.6. The normalized spacial score (nSPS) is 19.3. The molecule has 2 aromatic heterocycles. The van der Waals surface area contributed by atoms with E-state index in [1.807, 2.05) is 107 Å². The topological polar surface area (TPSA) is 91.9 Å². The Kier molecular flexibility index (Phi) is 11.5. The van der Waals surface area contributed by atoms with Crippen LogP contribution in [0.25, 0.3) is 0 Å². The van der Waals surface area contributed by atoms with E-state index in [0.29, 0.717) is 39.0 Å². The number of nitrogens with zero attached hydrogens (tertiary/aromatic N) is 4. The zero-order chi connectivity index (χ0) is 40.0. The van der Waals surface area contributed by atoms with Gasteiger partial charge in [-0.15, -0.1) is 0 Å². The summed E-state index contributed by atoms with van der Waals surface area (Å²) in [4.78, 5) is 27.8. The SMILES string of the molecule is COc1ccc(Nc2ccncc2C2CN(C(=O)N3CCC(c4ccc(F)cc4)C(c4cnccc4Nc4ccc(OC)cc4)C3)CCC2c2ccc(F)cc2)cc1. The van der Waals surface area contributed by atoms with Crippen LogP contribution in [-0.4, -0.2) is 66.2 Å². The highest BCUT2D eigenvalue weighted by Crippen LogP contribution is 2.45. The third-order valence-electron chi connectivity index (χ3n) is 11.6. The number of carbonyl (C=O) groups excluding carboxylic acids is 1. The number of halogens is 2. The van der Waals surface area contributed by atoms with E-state index >= 15 is 0 Å². The first kappa shape index (κ1) is 38.4. The predicted molar refractivity (Wildman–Crippen MR) is 223 cm³/mol. The maximum atomic E-state index is 14.8. The number of pyridine rings is 2. The van der Waals surface area contributed by atoms with Gasteiger partial charge < -0.3 is 29.9 Å². The Morgan fingerprint density at radius 2 is 0.966 bits per heavy atom. The summed E-state index contributed by atoms with van der Waals surface area (Å²) < 4.78 is 39.1. The number of rotatable bonds is 10. The fourth-order valence-corrected chi connectivity index (χ4v) is 8.59. The second kappa shape index (κ2) is 17.3. The molecule has 296 valence electrons. The highest BCUT2D eigenvalue weighted by molar-refractivity contribution is 5.76. The maximum absolute atomic E-state index is 14.8. The lowest BCUT2D eigenvalue weighted by molar-refractivity contribution is 0.117. The number of methoxy groups -OCH3 is 2. The monoisotopic (exact) mass is 780 g/mol. The molecule has 0 saturated carbocycles. The molecule has 0 radical (unpaired) electrons. The van der Waals surface area contributed by atoms with Crippen molar-refractivity contribution in [3.8, 4) is 11.5 Å². The number of amides is 2. The van der Waals surface area contributed by atoms with E-state index in [0.717, 1.165) is 56.5 Å². The van der Waals surface area contributed by atoms with Gasteiger partial charge in [-0.3, -0.25) is 9.97 Å². The molecule has 8 rings (SSSR count). The summed E-state index contributed by atoms with van der Waals surface area (Å²) in [6.07, 6.45) is 8.65. The van der Waals surface area contributed by atoms with Crippen molar-refractivity contribution in [1.82, 2.24) is 19.8 Å². The second-order valence-electron chi connectivity index (χ2n) is 14.9. The standard InChI is InChI=1S/C47H46F2N6O3/c1-57-37-15-11-35(12-16-37)52-45-19-23-50-27-41(45)43-29-54(25-21-39(43)31-3-7-33(48)8-4-31)47(56)55-26-22-40(32-5-9-34(49)10-6-32)44(30-55)42-28-51-24-20-46(42)53-36-13-17-38(58-2)18-14-36/h3-20,23-24,27-28,39-40,43-44H,21-22,25-26,29-30H2,1-2H3,(H,50,52)(H,51,53). The first-order chi connectivity index (χ1) is 28.4. The van der Waals surface area contributed by atoms with Crippen LogP contribution in [0.5, 0.6) is 11.5 Å². The quantitative estimate of drug-likeness (QED) is 0.143. The van der Waals surface area contributed by atoms with Crippen LogP contribution >= 0.6 is 0 Å². The van der Waals surface area contributed by atoms with Gasteiger partial charge in [0.1, 0.15) is 23.1 Å². The lowest BCUT2D eigenvalue weighted by Gasteiger charge is -2.45. The maximum Gasteiger partial charge on any atom is 0.320 e. The zero-order valence-corrected chi connectivity index (χ0v) is 32.5. The van der Waals surface area contributed by atoms with Crippen LogP contribution < -0.4 is 20.1 Å². The van der Waals surface area contributed by atoms with Crippen molar-refractivity contribution >= 4 is 28.8 Å². The van der Waals surface area contributed by atoms with Crippen LogP contribution in [0, 0.1) is 11.6 Å². The van der Waals surface area contributed by atoms with E-state index < -0.39 is 0 Å². The number of carbonyl (C=O) groups is 1. The number of hydrogen-bond donors (Lipinski definition) is 2. The minimum Gasteiger partial charge on any atom is -0.497 e. The van der Waals surface area contributed by atoms with E-state index in [9.17, 15) is 13.6 Å². The molecule has 2 amide bonds. The van der Waals surface area contributed by atoms with E-state index in [-0.39, 0.29) is 41.3 Å². The number of likely N-dealkylation sites (tertiary alicyclic amines) is 2. The van der Waals surface area contributed by atoms with Crippen LogP contribution in [0.15, 0.2) is 134 Å². The number of urea groups is 1. The predicted octanol–water partition coefficient (Wildman–Crippen LogP) is 10.2. The highest BCUT2D eigenvalue weighted by Gasteiger charge is 2.40. The van der Waals surface area contributed by atoms with Crippen molar-refractivity contribution in [1.29, 1.82) is 0 Å². The summed E-state index contributed by atoms with van der Waals surface area (Å²) in [6.45, 7) is 1.98. The lowest BCUT2D eigenvalue weighted by Crippen LogP contribution is -2.52. The van der Waals surface area contributed by atoms with Crippen LogP contribution in [0.4, 0.5) is 36.3 Å². The molecule has 4 unspecified atom stereocenters. The van der Waals surface area contributed by atoms with E-state index in [1.165, 1.54) is 24.3 Å². The molecule has 0 bridgehead atoms. The Balaban J connectivity index is 1.09. The van der Waals surface area contributed by atoms with Gasteiger partial charge in [0.05, 0.1) is 14.2 Å². The molecule has 58 heavy (non-hydrogen) atoms.